The highest BCUT2D eigenvalue weighted by molar-refractivity contribution is 5.87. The maximum atomic E-state index is 13.8. The zero-order valence-corrected chi connectivity index (χ0v) is 19.3. The number of benzene rings is 1. The van der Waals surface area contributed by atoms with Crippen molar-refractivity contribution < 1.29 is 23.1 Å². The summed E-state index contributed by atoms with van der Waals surface area (Å²) < 4.78 is 46.5. The van der Waals surface area contributed by atoms with Crippen molar-refractivity contribution in [2.45, 2.75) is 38.8 Å². The van der Waals surface area contributed by atoms with E-state index in [1.165, 1.54) is 19.5 Å². The van der Waals surface area contributed by atoms with E-state index in [0.29, 0.717) is 29.2 Å². The van der Waals surface area contributed by atoms with Gasteiger partial charge in [0.15, 0.2) is 0 Å². The van der Waals surface area contributed by atoms with E-state index in [4.69, 9.17) is 9.72 Å². The second kappa shape index (κ2) is 8.53. The van der Waals surface area contributed by atoms with Crippen molar-refractivity contribution in [2.75, 3.05) is 12.0 Å². The molecule has 0 bridgehead atoms. The average molecular weight is 483 g/mol. The number of hydroxylamine groups is 2. The number of aromatic nitrogens is 3. The third-order valence-electron chi connectivity index (χ3n) is 6.72. The maximum Gasteiger partial charge on any atom is 0.394 e. The molecule has 1 N–H and O–H groups in total. The van der Waals surface area contributed by atoms with Gasteiger partial charge in [-0.2, -0.15) is 13.2 Å². The molecule has 0 unspecified atom stereocenters. The third-order valence-corrected chi connectivity index (χ3v) is 6.72. The van der Waals surface area contributed by atoms with Crippen LogP contribution in [0.15, 0.2) is 60.7 Å². The molecule has 1 aliphatic carbocycles. The van der Waals surface area contributed by atoms with Crippen molar-refractivity contribution in [3.63, 3.8) is 0 Å². The summed E-state index contributed by atoms with van der Waals surface area (Å²) in [5.74, 6) is 0.410. The lowest BCUT2D eigenvalue weighted by molar-refractivity contribution is -0.252. The fraction of sp³-hybridized carbons (Fsp3) is 0.320. The fourth-order valence-corrected chi connectivity index (χ4v) is 4.52. The van der Waals surface area contributed by atoms with Gasteiger partial charge in [-0.1, -0.05) is 18.6 Å². The minimum Gasteiger partial charge on any atom is -0.480 e. The van der Waals surface area contributed by atoms with Crippen LogP contribution in [0, 0.1) is 12.3 Å². The Balaban J connectivity index is 1.53. The van der Waals surface area contributed by atoms with E-state index in [1.807, 2.05) is 37.3 Å². The van der Waals surface area contributed by atoms with E-state index in [-0.39, 0.29) is 25.0 Å². The van der Waals surface area contributed by atoms with Gasteiger partial charge < -0.3 is 9.64 Å². The van der Waals surface area contributed by atoms with Crippen molar-refractivity contribution in [1.82, 2.24) is 20.2 Å². The predicted octanol–water partition coefficient (Wildman–Crippen LogP) is 5.96. The molecule has 2 aromatic heterocycles. The zero-order valence-electron chi connectivity index (χ0n) is 19.3. The predicted molar refractivity (Wildman–Crippen MR) is 124 cm³/mol. The monoisotopic (exact) mass is 483 g/mol. The van der Waals surface area contributed by atoms with Crippen LogP contribution >= 0.6 is 0 Å². The number of ether oxygens (including phenoxy) is 1. The molecule has 0 saturated heterocycles. The number of rotatable bonds is 5. The molecule has 7 nitrogen and oxygen atoms in total. The Kier molecular flexibility index (Phi) is 5.63. The Bertz CT molecular complexity index is 1330. The Morgan fingerprint density at radius 2 is 1.89 bits per heavy atom. The molecule has 3 heterocycles. The second-order valence-corrected chi connectivity index (χ2v) is 8.96. The Labute approximate surface area is 200 Å². The molecule has 3 aromatic rings. The largest absolute Gasteiger partial charge is 0.480 e. The van der Waals surface area contributed by atoms with E-state index in [9.17, 15) is 18.4 Å². The molecular weight excluding hydrogens is 459 g/mol. The van der Waals surface area contributed by atoms with Crippen molar-refractivity contribution in [1.29, 1.82) is 0 Å². The van der Waals surface area contributed by atoms with Crippen LogP contribution in [0.5, 0.6) is 5.88 Å². The summed E-state index contributed by atoms with van der Waals surface area (Å²) in [7, 11) is 1.52. The SMILES string of the molecule is COc1cc2ccc(-c3nc(C)ccc3N3C=CN(O)C(CC4(C(F)(F)F)CCC4)=C3)cc2nn1. The lowest BCUT2D eigenvalue weighted by Crippen LogP contribution is -2.45. The van der Waals surface area contributed by atoms with Crippen LogP contribution in [-0.2, 0) is 0 Å². The summed E-state index contributed by atoms with van der Waals surface area (Å²) in [6, 6.07) is 11.1. The molecule has 1 saturated carbocycles. The van der Waals surface area contributed by atoms with Crippen molar-refractivity contribution in [3.8, 4) is 17.1 Å². The van der Waals surface area contributed by atoms with Crippen LogP contribution in [0.4, 0.5) is 18.9 Å². The van der Waals surface area contributed by atoms with Gasteiger partial charge in [-0.25, -0.2) is 5.06 Å². The first-order chi connectivity index (χ1) is 16.7. The number of pyridine rings is 1. The number of hydrogen-bond acceptors (Lipinski definition) is 7. The van der Waals surface area contributed by atoms with Gasteiger partial charge in [-0.3, -0.25) is 10.2 Å². The molecule has 1 aromatic carbocycles. The van der Waals surface area contributed by atoms with E-state index >= 15 is 0 Å². The molecule has 1 aliphatic heterocycles. The summed E-state index contributed by atoms with van der Waals surface area (Å²) in [5, 5.41) is 20.2. The van der Waals surface area contributed by atoms with Crippen LogP contribution in [-0.4, -0.2) is 38.7 Å². The highest BCUT2D eigenvalue weighted by Gasteiger charge is 2.58. The smallest absolute Gasteiger partial charge is 0.394 e. The quantitative estimate of drug-likeness (QED) is 0.480. The van der Waals surface area contributed by atoms with Crippen LogP contribution in [0.25, 0.3) is 22.2 Å². The summed E-state index contributed by atoms with van der Waals surface area (Å²) in [5.41, 5.74) is 1.87. The van der Waals surface area contributed by atoms with Crippen LogP contribution in [0.1, 0.15) is 31.4 Å². The first-order valence-corrected chi connectivity index (χ1v) is 11.2. The highest BCUT2D eigenvalue weighted by atomic mass is 19.4. The lowest BCUT2D eigenvalue weighted by Gasteiger charge is -2.44. The van der Waals surface area contributed by atoms with Gasteiger partial charge in [-0.15, -0.1) is 10.2 Å². The molecule has 0 amide bonds. The van der Waals surface area contributed by atoms with Crippen LogP contribution in [0.2, 0.25) is 0 Å². The zero-order chi connectivity index (χ0) is 24.8. The van der Waals surface area contributed by atoms with Gasteiger partial charge in [0.2, 0.25) is 5.88 Å². The highest BCUT2D eigenvalue weighted by Crippen LogP contribution is 2.57. The van der Waals surface area contributed by atoms with Gasteiger partial charge in [0.1, 0.15) is 0 Å². The molecule has 0 radical (unpaired) electrons. The van der Waals surface area contributed by atoms with E-state index in [0.717, 1.165) is 21.7 Å². The number of alkyl halides is 3. The molecular formula is C25H24F3N5O2. The molecule has 35 heavy (non-hydrogen) atoms. The van der Waals surface area contributed by atoms with E-state index in [2.05, 4.69) is 10.2 Å². The van der Waals surface area contributed by atoms with Gasteiger partial charge in [0.25, 0.3) is 0 Å². The van der Waals surface area contributed by atoms with Crippen LogP contribution < -0.4 is 9.64 Å². The lowest BCUT2D eigenvalue weighted by atomic mass is 9.65. The van der Waals surface area contributed by atoms with Crippen molar-refractivity contribution >= 4 is 16.6 Å². The number of methoxy groups -OCH3 is 1. The number of hydrogen-bond donors (Lipinski definition) is 1. The van der Waals surface area contributed by atoms with Crippen molar-refractivity contribution in [3.05, 3.63) is 66.4 Å². The Morgan fingerprint density at radius 1 is 1.09 bits per heavy atom. The second-order valence-electron chi connectivity index (χ2n) is 8.96. The first kappa shape index (κ1) is 23.1. The average Bonchev–Trinajstić information content (AvgIpc) is 2.81. The number of anilines is 1. The minimum atomic E-state index is -4.33. The topological polar surface area (TPSA) is 74.6 Å². The van der Waals surface area contributed by atoms with Gasteiger partial charge in [0, 0.05) is 47.7 Å². The minimum absolute atomic E-state index is 0.0612. The number of nitrogens with zero attached hydrogens (tertiary/aromatic N) is 5. The first-order valence-electron chi connectivity index (χ1n) is 11.2. The third kappa shape index (κ3) is 4.18. The summed E-state index contributed by atoms with van der Waals surface area (Å²) in [6.45, 7) is 1.87. The van der Waals surface area contributed by atoms with E-state index < -0.39 is 11.6 Å². The molecule has 5 rings (SSSR count). The fourth-order valence-electron chi connectivity index (χ4n) is 4.52. The van der Waals surface area contributed by atoms with E-state index in [1.54, 1.807) is 17.2 Å². The standard InChI is InChI=1S/C25H24F3N5O2/c1-16-4-7-21(23(29-16)18-6-5-17-13-22(35-2)31-30-20(17)12-18)32-10-11-33(34)19(15-32)14-24(8-3-9-24)25(26,27)28/h4-7,10-13,15,34H,3,8-9,14H2,1-2H3. The summed E-state index contributed by atoms with van der Waals surface area (Å²) in [4.78, 5) is 6.40. The molecule has 1 fully saturated rings. The Hall–Kier alpha value is -3.66. The molecule has 182 valence electrons. The maximum absolute atomic E-state index is 13.8. The molecule has 0 spiro atoms. The normalized spacial score (nSPS) is 17.4. The number of allylic oxidation sites excluding steroid dienone is 1. The summed E-state index contributed by atoms with van der Waals surface area (Å²) >= 11 is 0. The molecule has 10 heteroatoms. The number of fused-ring (bicyclic) bond motifs is 1. The number of aryl methyl sites for hydroxylation is 1. The van der Waals surface area contributed by atoms with Gasteiger partial charge >= 0.3 is 6.18 Å². The van der Waals surface area contributed by atoms with Crippen molar-refractivity contribution in [2.24, 2.45) is 5.41 Å². The number of halogens is 3. The summed E-state index contributed by atoms with van der Waals surface area (Å²) in [6.07, 6.45) is 0.497. The van der Waals surface area contributed by atoms with Gasteiger partial charge in [0.05, 0.1) is 35.1 Å². The molecule has 0 atom stereocenters. The Morgan fingerprint density at radius 3 is 2.57 bits per heavy atom. The molecule has 2 aliphatic rings. The van der Waals surface area contributed by atoms with Gasteiger partial charge in [-0.05, 0) is 38.0 Å². The van der Waals surface area contributed by atoms with Crippen LogP contribution in [0.3, 0.4) is 0 Å².